The van der Waals surface area contributed by atoms with Crippen molar-refractivity contribution in [3.63, 3.8) is 0 Å². The van der Waals surface area contributed by atoms with Crippen molar-refractivity contribution in [2.45, 2.75) is 6.92 Å². The van der Waals surface area contributed by atoms with Crippen molar-refractivity contribution >= 4 is 33.0 Å². The molecule has 4 heteroatoms. The Morgan fingerprint density at radius 3 is 2.78 bits per heavy atom. The topological polar surface area (TPSA) is 12.9 Å². The molecule has 18 heavy (non-hydrogen) atoms. The Kier molecular flexibility index (Phi) is 2.80. The number of hydrogen-bond donors (Lipinski definition) is 0. The number of pyridine rings is 1. The maximum Gasteiger partial charge on any atom is 0.146 e. The number of fused-ring (bicyclic) bond motifs is 1. The van der Waals surface area contributed by atoms with E-state index in [0.29, 0.717) is 10.7 Å². The number of thiophene rings is 1. The van der Waals surface area contributed by atoms with E-state index < -0.39 is 0 Å². The van der Waals surface area contributed by atoms with Crippen molar-refractivity contribution in [1.29, 1.82) is 0 Å². The van der Waals surface area contributed by atoms with Crippen molar-refractivity contribution in [1.82, 2.24) is 4.98 Å². The number of halogens is 2. The van der Waals surface area contributed by atoms with Gasteiger partial charge in [0.15, 0.2) is 0 Å². The fourth-order valence-corrected chi connectivity index (χ4v) is 3.23. The van der Waals surface area contributed by atoms with E-state index in [2.05, 4.69) is 4.98 Å². The molecular formula is C14H9ClFNS. The molecule has 0 saturated heterocycles. The molecule has 0 spiro atoms. The van der Waals surface area contributed by atoms with Gasteiger partial charge in [0.25, 0.3) is 0 Å². The van der Waals surface area contributed by atoms with Gasteiger partial charge in [0.1, 0.15) is 11.0 Å². The second kappa shape index (κ2) is 4.34. The van der Waals surface area contributed by atoms with E-state index in [4.69, 9.17) is 11.6 Å². The predicted octanol–water partition coefficient (Wildman–Crippen LogP) is 5.06. The van der Waals surface area contributed by atoms with Crippen molar-refractivity contribution in [3.8, 4) is 10.4 Å². The minimum absolute atomic E-state index is 0.203. The first-order valence-electron chi connectivity index (χ1n) is 5.46. The molecule has 3 aromatic rings. The van der Waals surface area contributed by atoms with E-state index >= 15 is 0 Å². The Hall–Kier alpha value is -1.45. The maximum atomic E-state index is 13.9. The summed E-state index contributed by atoms with van der Waals surface area (Å²) in [5.41, 5.74) is 1.52. The summed E-state index contributed by atoms with van der Waals surface area (Å²) in [6.45, 7) is 1.87. The van der Waals surface area contributed by atoms with Crippen LogP contribution in [0.5, 0.6) is 0 Å². The number of aromatic nitrogens is 1. The van der Waals surface area contributed by atoms with Crippen LogP contribution in [0, 0.1) is 12.7 Å². The molecule has 1 aromatic carbocycles. The quantitative estimate of drug-likeness (QED) is 0.566. The summed E-state index contributed by atoms with van der Waals surface area (Å²) in [6, 6.07) is 9.08. The van der Waals surface area contributed by atoms with Crippen LogP contribution in [-0.2, 0) is 0 Å². The van der Waals surface area contributed by atoms with Crippen LogP contribution >= 0.6 is 22.9 Å². The second-order valence-electron chi connectivity index (χ2n) is 4.11. The normalized spacial score (nSPS) is 11.1. The SMILES string of the molecule is Cc1ccc(-c2cc3ccnc(Cl)c3s2)c(F)c1. The largest absolute Gasteiger partial charge is 0.243 e. The van der Waals surface area contributed by atoms with Gasteiger partial charge in [-0.25, -0.2) is 9.37 Å². The Bertz CT molecular complexity index is 736. The molecule has 0 radical (unpaired) electrons. The summed E-state index contributed by atoms with van der Waals surface area (Å²) in [6.07, 6.45) is 1.66. The minimum Gasteiger partial charge on any atom is -0.243 e. The zero-order chi connectivity index (χ0) is 12.7. The molecule has 1 nitrogen and oxygen atoms in total. The van der Waals surface area contributed by atoms with Crippen LogP contribution in [0.15, 0.2) is 36.5 Å². The molecule has 0 amide bonds. The summed E-state index contributed by atoms with van der Waals surface area (Å²) >= 11 is 7.49. The third-order valence-corrected chi connectivity index (χ3v) is 4.37. The highest BCUT2D eigenvalue weighted by Crippen LogP contribution is 2.37. The van der Waals surface area contributed by atoms with E-state index in [9.17, 15) is 4.39 Å². The first-order valence-corrected chi connectivity index (χ1v) is 6.65. The molecular weight excluding hydrogens is 269 g/mol. The van der Waals surface area contributed by atoms with Gasteiger partial charge in [0.2, 0.25) is 0 Å². The second-order valence-corrected chi connectivity index (χ2v) is 5.52. The summed E-state index contributed by atoms with van der Waals surface area (Å²) in [5, 5.41) is 1.46. The van der Waals surface area contributed by atoms with Gasteiger partial charge < -0.3 is 0 Å². The van der Waals surface area contributed by atoms with Crippen LogP contribution in [0.4, 0.5) is 4.39 Å². The van der Waals surface area contributed by atoms with Crippen LogP contribution in [0.3, 0.4) is 0 Å². The van der Waals surface area contributed by atoms with Gasteiger partial charge >= 0.3 is 0 Å². The third-order valence-electron chi connectivity index (χ3n) is 2.78. The maximum absolute atomic E-state index is 13.9. The van der Waals surface area contributed by atoms with Crippen LogP contribution in [0.25, 0.3) is 20.5 Å². The van der Waals surface area contributed by atoms with Crippen LogP contribution < -0.4 is 0 Å². The summed E-state index contributed by atoms with van der Waals surface area (Å²) in [5.74, 6) is -0.203. The minimum atomic E-state index is -0.203. The van der Waals surface area contributed by atoms with Crippen LogP contribution in [0.1, 0.15) is 5.56 Å². The number of nitrogens with zero attached hydrogens (tertiary/aromatic N) is 1. The van der Waals surface area contributed by atoms with Crippen LogP contribution in [0.2, 0.25) is 5.15 Å². The molecule has 0 aliphatic heterocycles. The van der Waals surface area contributed by atoms with E-state index in [1.54, 1.807) is 18.3 Å². The Morgan fingerprint density at radius 2 is 2.06 bits per heavy atom. The standard InChI is InChI=1S/C14H9ClFNS/c1-8-2-3-10(11(16)6-8)12-7-9-4-5-17-14(15)13(9)18-12/h2-7H,1H3. The molecule has 0 bridgehead atoms. The van der Waals surface area contributed by atoms with Crippen molar-refractivity contribution in [2.24, 2.45) is 0 Å². The lowest BCUT2D eigenvalue weighted by Gasteiger charge is -2.00. The lowest BCUT2D eigenvalue weighted by Crippen LogP contribution is -1.82. The lowest BCUT2D eigenvalue weighted by molar-refractivity contribution is 0.630. The Morgan fingerprint density at radius 1 is 1.22 bits per heavy atom. The molecule has 0 saturated carbocycles. The number of benzene rings is 1. The zero-order valence-electron chi connectivity index (χ0n) is 9.58. The number of hydrogen-bond acceptors (Lipinski definition) is 2. The van der Waals surface area contributed by atoms with E-state index in [1.165, 1.54) is 11.3 Å². The first kappa shape index (κ1) is 11.6. The smallest absolute Gasteiger partial charge is 0.146 e. The van der Waals surface area contributed by atoms with Gasteiger partial charge in [-0.1, -0.05) is 23.7 Å². The van der Waals surface area contributed by atoms with Crippen LogP contribution in [-0.4, -0.2) is 4.98 Å². The summed E-state index contributed by atoms with van der Waals surface area (Å²) < 4.78 is 14.8. The predicted molar refractivity (Wildman–Crippen MR) is 74.8 cm³/mol. The van der Waals surface area contributed by atoms with Gasteiger partial charge in [-0.3, -0.25) is 0 Å². The van der Waals surface area contributed by atoms with Gasteiger partial charge in [0.05, 0.1) is 4.70 Å². The molecule has 0 unspecified atom stereocenters. The number of aryl methyl sites for hydroxylation is 1. The molecule has 3 rings (SSSR count). The van der Waals surface area contributed by atoms with E-state index in [0.717, 1.165) is 20.5 Å². The lowest BCUT2D eigenvalue weighted by atomic mass is 10.1. The Labute approximate surface area is 113 Å². The summed E-state index contributed by atoms with van der Waals surface area (Å²) in [7, 11) is 0. The average Bonchev–Trinajstić information content (AvgIpc) is 2.74. The fourth-order valence-electron chi connectivity index (χ4n) is 1.88. The van der Waals surface area contributed by atoms with Crippen molar-refractivity contribution < 1.29 is 4.39 Å². The van der Waals surface area contributed by atoms with E-state index in [-0.39, 0.29) is 5.82 Å². The Balaban J connectivity index is 2.23. The number of rotatable bonds is 1. The molecule has 2 aromatic heterocycles. The van der Waals surface area contributed by atoms with Gasteiger partial charge in [-0.2, -0.15) is 0 Å². The molecule has 0 aliphatic rings. The first-order chi connectivity index (χ1) is 8.65. The molecule has 0 N–H and O–H groups in total. The zero-order valence-corrected chi connectivity index (χ0v) is 11.1. The summed E-state index contributed by atoms with van der Waals surface area (Å²) in [4.78, 5) is 4.91. The molecule has 2 heterocycles. The monoisotopic (exact) mass is 277 g/mol. The van der Waals surface area contributed by atoms with Crippen molar-refractivity contribution in [2.75, 3.05) is 0 Å². The highest BCUT2D eigenvalue weighted by Gasteiger charge is 2.11. The molecule has 90 valence electrons. The molecule has 0 fully saturated rings. The third kappa shape index (κ3) is 1.89. The highest BCUT2D eigenvalue weighted by atomic mass is 35.5. The van der Waals surface area contributed by atoms with Crippen molar-refractivity contribution in [3.05, 3.63) is 53.1 Å². The fraction of sp³-hybridized carbons (Fsp3) is 0.0714. The molecule has 0 aliphatic carbocycles. The molecule has 0 atom stereocenters. The van der Waals surface area contributed by atoms with Gasteiger partial charge in [0, 0.05) is 16.6 Å². The average molecular weight is 278 g/mol. The van der Waals surface area contributed by atoms with E-state index in [1.807, 2.05) is 25.1 Å². The highest BCUT2D eigenvalue weighted by molar-refractivity contribution is 7.22. The van der Waals surface area contributed by atoms with Gasteiger partial charge in [-0.05, 0) is 36.1 Å². The van der Waals surface area contributed by atoms with Gasteiger partial charge in [-0.15, -0.1) is 11.3 Å².